The van der Waals surface area contributed by atoms with Crippen molar-refractivity contribution in [2.75, 3.05) is 19.6 Å². The number of halogens is 1. The highest BCUT2D eigenvalue weighted by molar-refractivity contribution is 5.89. The highest BCUT2D eigenvalue weighted by atomic mass is 19.1. The summed E-state index contributed by atoms with van der Waals surface area (Å²) in [6.07, 6.45) is 3.55. The van der Waals surface area contributed by atoms with E-state index < -0.39 is 11.9 Å². The molecule has 1 aromatic carbocycles. The highest BCUT2D eigenvalue weighted by Crippen LogP contribution is 2.17. The van der Waals surface area contributed by atoms with Crippen molar-refractivity contribution in [1.29, 1.82) is 0 Å². The number of rotatable bonds is 7. The highest BCUT2D eigenvalue weighted by Gasteiger charge is 2.21. The van der Waals surface area contributed by atoms with Crippen LogP contribution < -0.4 is 5.32 Å². The minimum absolute atomic E-state index is 0.152. The van der Waals surface area contributed by atoms with Gasteiger partial charge in [0, 0.05) is 31.3 Å². The number of nitrogens with one attached hydrogen (secondary N) is 1. The lowest BCUT2D eigenvalue weighted by molar-refractivity contribution is -0.134. The Morgan fingerprint density at radius 3 is 2.11 bits per heavy atom. The summed E-state index contributed by atoms with van der Waals surface area (Å²) in [4.78, 5) is 21.7. The predicted octanol–water partition coefficient (Wildman–Crippen LogP) is 2.75. The molecule has 1 aliphatic heterocycles. The molecule has 0 bridgehead atoms. The summed E-state index contributed by atoms with van der Waals surface area (Å²) in [6.45, 7) is 8.80. The first kappa shape index (κ1) is 22.8. The maximum atomic E-state index is 13.0. The molecule has 2 rings (SSSR count). The number of aliphatic carboxylic acids is 2. The number of benzene rings is 1. The fraction of sp³-hybridized carbons (Fsp3) is 0.500. The molecule has 1 aliphatic rings. The van der Waals surface area contributed by atoms with Crippen LogP contribution in [0.3, 0.4) is 0 Å². The largest absolute Gasteiger partial charge is 0.478 e. The van der Waals surface area contributed by atoms with Gasteiger partial charge < -0.3 is 15.5 Å². The molecule has 0 saturated carbocycles. The van der Waals surface area contributed by atoms with Crippen molar-refractivity contribution in [1.82, 2.24) is 10.2 Å². The summed E-state index contributed by atoms with van der Waals surface area (Å²) < 4.78 is 13.0. The molecule has 0 radical (unpaired) electrons. The van der Waals surface area contributed by atoms with Crippen LogP contribution in [0.5, 0.6) is 0 Å². The third-order valence-corrected chi connectivity index (χ3v) is 4.09. The summed E-state index contributed by atoms with van der Waals surface area (Å²) in [5.74, 6) is -2.00. The number of carbonyl (C=O) groups is 2. The van der Waals surface area contributed by atoms with E-state index in [9.17, 15) is 14.0 Å². The fourth-order valence-corrected chi connectivity index (χ4v) is 2.95. The van der Waals surface area contributed by atoms with Crippen LogP contribution in [0.25, 0.3) is 0 Å². The van der Waals surface area contributed by atoms with Gasteiger partial charge in [-0.3, -0.25) is 4.90 Å². The van der Waals surface area contributed by atoms with Gasteiger partial charge in [0.25, 0.3) is 0 Å². The van der Waals surface area contributed by atoms with Gasteiger partial charge in [0.1, 0.15) is 5.82 Å². The smallest absolute Gasteiger partial charge is 0.328 e. The van der Waals surface area contributed by atoms with Crippen LogP contribution in [-0.2, 0) is 16.1 Å². The van der Waals surface area contributed by atoms with E-state index in [4.69, 9.17) is 10.2 Å². The first-order valence-corrected chi connectivity index (χ1v) is 9.11. The molecular weight excluding hydrogens is 351 g/mol. The first-order valence-electron chi connectivity index (χ1n) is 9.11. The van der Waals surface area contributed by atoms with Crippen LogP contribution in [0.2, 0.25) is 0 Å². The van der Waals surface area contributed by atoms with Crippen molar-refractivity contribution < 1.29 is 24.2 Å². The Balaban J connectivity index is 0.000000387. The van der Waals surface area contributed by atoms with E-state index >= 15 is 0 Å². The van der Waals surface area contributed by atoms with E-state index in [0.717, 1.165) is 26.2 Å². The molecule has 1 saturated heterocycles. The quantitative estimate of drug-likeness (QED) is 0.630. The van der Waals surface area contributed by atoms with Crippen LogP contribution in [0.4, 0.5) is 4.39 Å². The first-order chi connectivity index (χ1) is 12.8. The second kappa shape index (κ2) is 12.2. The molecular formula is C20H29FN2O4. The fourth-order valence-electron chi connectivity index (χ4n) is 2.95. The number of carboxylic acids is 2. The number of hydrogen-bond donors (Lipinski definition) is 3. The Morgan fingerprint density at radius 2 is 1.67 bits per heavy atom. The summed E-state index contributed by atoms with van der Waals surface area (Å²) in [7, 11) is 0. The van der Waals surface area contributed by atoms with Crippen molar-refractivity contribution in [2.24, 2.45) is 5.92 Å². The van der Waals surface area contributed by atoms with Gasteiger partial charge in [0.15, 0.2) is 0 Å². The van der Waals surface area contributed by atoms with Crippen molar-refractivity contribution in [3.05, 3.63) is 47.8 Å². The lowest BCUT2D eigenvalue weighted by atomic mass is 10.0. The summed E-state index contributed by atoms with van der Waals surface area (Å²) in [5, 5.41) is 19.0. The van der Waals surface area contributed by atoms with E-state index in [2.05, 4.69) is 24.1 Å². The zero-order valence-corrected chi connectivity index (χ0v) is 15.9. The van der Waals surface area contributed by atoms with E-state index in [1.807, 2.05) is 12.1 Å². The van der Waals surface area contributed by atoms with E-state index in [1.54, 1.807) is 12.1 Å². The third kappa shape index (κ3) is 10.5. The Labute approximate surface area is 159 Å². The van der Waals surface area contributed by atoms with Crippen LogP contribution in [0, 0.1) is 11.7 Å². The van der Waals surface area contributed by atoms with Gasteiger partial charge in [0.2, 0.25) is 0 Å². The predicted molar refractivity (Wildman–Crippen MR) is 102 cm³/mol. The average molecular weight is 380 g/mol. The van der Waals surface area contributed by atoms with Gasteiger partial charge in [-0.2, -0.15) is 0 Å². The molecule has 0 aliphatic carbocycles. The van der Waals surface area contributed by atoms with Crippen molar-refractivity contribution >= 4 is 11.9 Å². The van der Waals surface area contributed by atoms with E-state index in [-0.39, 0.29) is 5.82 Å². The maximum absolute atomic E-state index is 13.0. The van der Waals surface area contributed by atoms with Crippen LogP contribution >= 0.6 is 0 Å². The lowest BCUT2D eigenvalue weighted by Crippen LogP contribution is -2.44. The molecule has 0 aromatic heterocycles. The van der Waals surface area contributed by atoms with Gasteiger partial charge >= 0.3 is 11.9 Å². The number of carboxylic acid groups (broad SMARTS) is 2. The summed E-state index contributed by atoms with van der Waals surface area (Å²) in [5.41, 5.74) is 1.21. The standard InChI is InChI=1S/C16H25FN2.C4H4O4/c1-13(2)11-19(16-7-9-18-10-8-16)12-14-3-5-15(17)6-4-14;5-3(6)1-2-4(7)8/h3-6,13,16,18H,7-12H2,1-2H3;1-2H,(H,5,6)(H,7,8). The molecule has 150 valence electrons. The summed E-state index contributed by atoms with van der Waals surface area (Å²) >= 11 is 0. The molecule has 0 spiro atoms. The third-order valence-electron chi connectivity index (χ3n) is 4.09. The second-order valence-electron chi connectivity index (χ2n) is 6.94. The molecule has 3 N–H and O–H groups in total. The minimum Gasteiger partial charge on any atom is -0.478 e. The Hall–Kier alpha value is -2.25. The Bertz CT molecular complexity index is 595. The SMILES string of the molecule is CC(C)CN(Cc1ccc(F)cc1)C1CCNCC1.O=C(O)C=CC(=O)O. The van der Waals surface area contributed by atoms with Crippen molar-refractivity contribution in [3.63, 3.8) is 0 Å². The Morgan fingerprint density at radius 1 is 1.15 bits per heavy atom. The zero-order chi connectivity index (χ0) is 20.2. The molecule has 0 amide bonds. The minimum atomic E-state index is -1.26. The van der Waals surface area contributed by atoms with Crippen molar-refractivity contribution in [2.45, 2.75) is 39.3 Å². The maximum Gasteiger partial charge on any atom is 0.328 e. The topological polar surface area (TPSA) is 89.9 Å². The van der Waals surface area contributed by atoms with Crippen LogP contribution in [-0.4, -0.2) is 52.7 Å². The molecule has 1 fully saturated rings. The van der Waals surface area contributed by atoms with Gasteiger partial charge in [-0.05, 0) is 49.5 Å². The summed E-state index contributed by atoms with van der Waals surface area (Å²) in [6, 6.07) is 7.60. The lowest BCUT2D eigenvalue weighted by Gasteiger charge is -2.35. The van der Waals surface area contributed by atoms with E-state index in [0.29, 0.717) is 24.1 Å². The Kier molecular flexibility index (Phi) is 10.3. The van der Waals surface area contributed by atoms with Crippen LogP contribution in [0.1, 0.15) is 32.3 Å². The van der Waals surface area contributed by atoms with Crippen LogP contribution in [0.15, 0.2) is 36.4 Å². The number of hydrogen-bond acceptors (Lipinski definition) is 4. The van der Waals surface area contributed by atoms with Gasteiger partial charge in [0.05, 0.1) is 0 Å². The van der Waals surface area contributed by atoms with Gasteiger partial charge in [-0.1, -0.05) is 26.0 Å². The van der Waals surface area contributed by atoms with Gasteiger partial charge in [-0.15, -0.1) is 0 Å². The zero-order valence-electron chi connectivity index (χ0n) is 15.9. The second-order valence-corrected chi connectivity index (χ2v) is 6.94. The van der Waals surface area contributed by atoms with Crippen molar-refractivity contribution in [3.8, 4) is 0 Å². The molecule has 1 aromatic rings. The van der Waals surface area contributed by atoms with E-state index in [1.165, 1.54) is 18.4 Å². The molecule has 7 heteroatoms. The molecule has 0 unspecified atom stereocenters. The monoisotopic (exact) mass is 380 g/mol. The normalized spacial score (nSPS) is 15.0. The average Bonchev–Trinajstić information content (AvgIpc) is 2.62. The molecule has 27 heavy (non-hydrogen) atoms. The molecule has 0 atom stereocenters. The number of piperidine rings is 1. The molecule has 6 nitrogen and oxygen atoms in total. The van der Waals surface area contributed by atoms with Gasteiger partial charge in [-0.25, -0.2) is 14.0 Å². The number of nitrogens with zero attached hydrogens (tertiary/aromatic N) is 1. The molecule has 1 heterocycles.